The molecule has 2 atom stereocenters. The van der Waals surface area contributed by atoms with Gasteiger partial charge < -0.3 is 4.90 Å². The molecule has 0 amide bonds. The first kappa shape index (κ1) is 22.4. The van der Waals surface area contributed by atoms with Gasteiger partial charge in [0.05, 0.1) is 28.9 Å². The lowest BCUT2D eigenvalue weighted by Crippen LogP contribution is -2.49. The lowest BCUT2D eigenvalue weighted by Gasteiger charge is -2.45. The first-order valence-corrected chi connectivity index (χ1v) is 11.6. The van der Waals surface area contributed by atoms with Crippen LogP contribution in [0.25, 0.3) is 0 Å². The maximum absolute atomic E-state index is 9.75. The number of hydrogen-bond acceptors (Lipinski definition) is 4. The molecule has 0 N–H and O–H groups in total. The van der Waals surface area contributed by atoms with E-state index in [0.29, 0.717) is 16.1 Å². The van der Waals surface area contributed by atoms with Crippen LogP contribution in [0, 0.1) is 22.7 Å². The average Bonchev–Trinajstić information content (AvgIpc) is 2.84. The molecule has 1 fully saturated rings. The Hall–Kier alpha value is -2.83. The van der Waals surface area contributed by atoms with E-state index >= 15 is 0 Å². The van der Waals surface area contributed by atoms with Crippen LogP contribution in [-0.2, 0) is 0 Å². The number of hydrogen-bond donors (Lipinski definition) is 0. The third-order valence-electron chi connectivity index (χ3n) is 6.12. The van der Waals surface area contributed by atoms with Gasteiger partial charge in [0.1, 0.15) is 6.07 Å². The zero-order valence-corrected chi connectivity index (χ0v) is 20.0. The van der Waals surface area contributed by atoms with Crippen molar-refractivity contribution in [3.8, 4) is 12.1 Å². The lowest BCUT2D eigenvalue weighted by atomic mass is 9.97. The van der Waals surface area contributed by atoms with E-state index in [0.717, 1.165) is 35.4 Å². The fourth-order valence-corrected chi connectivity index (χ4v) is 4.80. The Morgan fingerprint density at radius 2 is 1.69 bits per heavy atom. The van der Waals surface area contributed by atoms with Crippen molar-refractivity contribution in [2.24, 2.45) is 0 Å². The summed E-state index contributed by atoms with van der Waals surface area (Å²) in [5.41, 5.74) is 4.63. The second kappa shape index (κ2) is 9.76. The molecule has 1 aliphatic rings. The van der Waals surface area contributed by atoms with E-state index in [4.69, 9.17) is 16.9 Å². The molecular formula is C26H22BrClN4. The fourth-order valence-electron chi connectivity index (χ4n) is 4.31. The molecule has 0 saturated carbocycles. The number of piperazine rings is 1. The van der Waals surface area contributed by atoms with Crippen molar-refractivity contribution in [3.05, 3.63) is 98.5 Å². The smallest absolute Gasteiger partial charge is 0.101 e. The predicted molar refractivity (Wildman–Crippen MR) is 132 cm³/mol. The van der Waals surface area contributed by atoms with Crippen LogP contribution in [0.3, 0.4) is 0 Å². The third kappa shape index (κ3) is 4.66. The largest absolute Gasteiger partial charge is 0.361 e. The SMILES string of the molecule is C[C@H](c1ccc(C#N)cc1)N1CCN(c2ccc(Br)cc2C#N)[C@H](c2ccc(Cl)cc2)C1. The monoisotopic (exact) mass is 504 g/mol. The van der Waals surface area contributed by atoms with Gasteiger partial charge in [-0.25, -0.2) is 0 Å². The molecule has 0 radical (unpaired) electrons. The normalized spacial score (nSPS) is 17.4. The second-order valence-corrected chi connectivity index (χ2v) is 9.29. The van der Waals surface area contributed by atoms with Crippen LogP contribution in [0.4, 0.5) is 5.69 Å². The molecule has 0 spiro atoms. The van der Waals surface area contributed by atoms with Crippen molar-refractivity contribution in [3.63, 3.8) is 0 Å². The lowest BCUT2D eigenvalue weighted by molar-refractivity contribution is 0.171. The fraction of sp³-hybridized carbons (Fsp3) is 0.231. The van der Waals surface area contributed by atoms with E-state index in [9.17, 15) is 5.26 Å². The minimum atomic E-state index is 0.0788. The van der Waals surface area contributed by atoms with E-state index in [-0.39, 0.29) is 12.1 Å². The van der Waals surface area contributed by atoms with Gasteiger partial charge in [0.25, 0.3) is 0 Å². The Labute approximate surface area is 202 Å². The minimum Gasteiger partial charge on any atom is -0.361 e. The molecule has 1 saturated heterocycles. The Balaban J connectivity index is 1.67. The van der Waals surface area contributed by atoms with Crippen LogP contribution in [-0.4, -0.2) is 24.5 Å². The van der Waals surface area contributed by atoms with E-state index in [1.165, 1.54) is 5.56 Å². The summed E-state index contributed by atoms with van der Waals surface area (Å²) in [7, 11) is 0. The van der Waals surface area contributed by atoms with Gasteiger partial charge in [-0.15, -0.1) is 0 Å². The highest BCUT2D eigenvalue weighted by Gasteiger charge is 2.32. The maximum Gasteiger partial charge on any atom is 0.101 e. The number of halogens is 2. The molecule has 0 bridgehead atoms. The number of nitrogens with zero attached hydrogens (tertiary/aromatic N) is 4. The summed E-state index contributed by atoms with van der Waals surface area (Å²) in [6.07, 6.45) is 0. The van der Waals surface area contributed by atoms with Crippen LogP contribution in [0.5, 0.6) is 0 Å². The summed E-state index contributed by atoms with van der Waals surface area (Å²) in [6.45, 7) is 4.68. The van der Waals surface area contributed by atoms with Crippen molar-refractivity contribution in [1.82, 2.24) is 4.90 Å². The second-order valence-electron chi connectivity index (χ2n) is 7.94. The molecule has 1 aliphatic heterocycles. The predicted octanol–water partition coefficient (Wildman–Crippen LogP) is 6.47. The zero-order chi connectivity index (χ0) is 22.7. The molecule has 0 aromatic heterocycles. The Bertz CT molecular complexity index is 1180. The molecule has 0 unspecified atom stereocenters. The minimum absolute atomic E-state index is 0.0788. The molecule has 32 heavy (non-hydrogen) atoms. The van der Waals surface area contributed by atoms with Crippen LogP contribution in [0.15, 0.2) is 71.2 Å². The van der Waals surface area contributed by atoms with E-state index < -0.39 is 0 Å². The molecule has 4 nitrogen and oxygen atoms in total. The van der Waals surface area contributed by atoms with Crippen molar-refractivity contribution in [2.75, 3.05) is 24.5 Å². The van der Waals surface area contributed by atoms with Crippen LogP contribution in [0.1, 0.15) is 41.3 Å². The number of rotatable bonds is 4. The Morgan fingerprint density at radius 1 is 0.969 bits per heavy atom. The zero-order valence-electron chi connectivity index (χ0n) is 17.7. The highest BCUT2D eigenvalue weighted by Crippen LogP contribution is 2.36. The van der Waals surface area contributed by atoms with E-state index in [1.54, 1.807) is 0 Å². The highest BCUT2D eigenvalue weighted by molar-refractivity contribution is 9.10. The van der Waals surface area contributed by atoms with Gasteiger partial charge in [0.2, 0.25) is 0 Å². The highest BCUT2D eigenvalue weighted by atomic mass is 79.9. The van der Waals surface area contributed by atoms with Crippen molar-refractivity contribution in [1.29, 1.82) is 10.5 Å². The molecule has 6 heteroatoms. The number of nitriles is 2. The molecule has 1 heterocycles. The molecule has 3 aromatic carbocycles. The topological polar surface area (TPSA) is 54.1 Å². The molecule has 4 rings (SSSR count). The van der Waals surface area contributed by atoms with Crippen LogP contribution >= 0.6 is 27.5 Å². The Kier molecular flexibility index (Phi) is 6.82. The number of benzene rings is 3. The molecule has 3 aromatic rings. The molecule has 0 aliphatic carbocycles. The van der Waals surface area contributed by atoms with Crippen LogP contribution in [0.2, 0.25) is 5.02 Å². The van der Waals surface area contributed by atoms with Crippen molar-refractivity contribution in [2.45, 2.75) is 19.0 Å². The summed E-state index contributed by atoms with van der Waals surface area (Å²) in [5.74, 6) is 0. The van der Waals surface area contributed by atoms with Gasteiger partial charge in [-0.05, 0) is 60.5 Å². The van der Waals surface area contributed by atoms with Crippen LogP contribution < -0.4 is 4.90 Å². The number of anilines is 1. The average molecular weight is 506 g/mol. The van der Waals surface area contributed by atoms with Crippen molar-refractivity contribution >= 4 is 33.2 Å². The maximum atomic E-state index is 9.75. The standard InChI is InChI=1S/C26H22BrClN4/c1-18(20-4-2-19(15-29)3-5-20)31-12-13-32(25-11-8-23(27)14-22(25)16-30)26(17-31)21-6-9-24(28)10-7-21/h2-11,14,18,26H,12-13,17H2,1H3/t18-,26+/m1/s1. The third-order valence-corrected chi connectivity index (χ3v) is 6.87. The van der Waals surface area contributed by atoms with Gasteiger partial charge in [-0.2, -0.15) is 10.5 Å². The van der Waals surface area contributed by atoms with E-state index in [2.05, 4.69) is 56.9 Å². The molecular weight excluding hydrogens is 484 g/mol. The van der Waals surface area contributed by atoms with Gasteiger partial charge >= 0.3 is 0 Å². The molecule has 160 valence electrons. The van der Waals surface area contributed by atoms with Gasteiger partial charge in [0.15, 0.2) is 0 Å². The first-order valence-electron chi connectivity index (χ1n) is 10.5. The Morgan fingerprint density at radius 3 is 2.34 bits per heavy atom. The summed E-state index contributed by atoms with van der Waals surface area (Å²) in [5, 5.41) is 19.6. The first-order chi connectivity index (χ1) is 15.5. The summed E-state index contributed by atoms with van der Waals surface area (Å²) in [4.78, 5) is 4.79. The summed E-state index contributed by atoms with van der Waals surface area (Å²) >= 11 is 9.64. The van der Waals surface area contributed by atoms with Gasteiger partial charge in [-0.1, -0.05) is 51.8 Å². The summed E-state index contributed by atoms with van der Waals surface area (Å²) in [6, 6.07) is 26.5. The van der Waals surface area contributed by atoms with Gasteiger partial charge in [-0.3, -0.25) is 4.90 Å². The van der Waals surface area contributed by atoms with Gasteiger partial charge in [0, 0.05) is 35.2 Å². The summed E-state index contributed by atoms with van der Waals surface area (Å²) < 4.78 is 0.897. The quantitative estimate of drug-likeness (QED) is 0.408. The van der Waals surface area contributed by atoms with E-state index in [1.807, 2.05) is 54.6 Å². The van der Waals surface area contributed by atoms with Crippen molar-refractivity contribution < 1.29 is 0 Å².